The van der Waals surface area contributed by atoms with Crippen molar-refractivity contribution >= 4 is 17.5 Å². The minimum atomic E-state index is -0.307. The molecule has 2 N–H and O–H groups in total. The van der Waals surface area contributed by atoms with Gasteiger partial charge in [0.05, 0.1) is 12.5 Å². The second-order valence-corrected chi connectivity index (χ2v) is 5.34. The third-order valence-electron chi connectivity index (χ3n) is 3.71. The summed E-state index contributed by atoms with van der Waals surface area (Å²) in [6.45, 7) is 1.84. The molecular formula is C17H15FN2O2. The van der Waals surface area contributed by atoms with Crippen molar-refractivity contribution in [2.24, 2.45) is 0 Å². The molecule has 0 bridgehead atoms. The molecule has 1 atom stereocenters. The lowest BCUT2D eigenvalue weighted by molar-refractivity contribution is -0.115. The molecule has 112 valence electrons. The van der Waals surface area contributed by atoms with Gasteiger partial charge in [0.25, 0.3) is 5.91 Å². The number of benzene rings is 2. The molecule has 0 saturated carbocycles. The van der Waals surface area contributed by atoms with Gasteiger partial charge in [-0.3, -0.25) is 9.59 Å². The van der Waals surface area contributed by atoms with Gasteiger partial charge in [0.15, 0.2) is 0 Å². The molecule has 0 spiro atoms. The maximum Gasteiger partial charge on any atom is 0.251 e. The average molecular weight is 298 g/mol. The zero-order chi connectivity index (χ0) is 15.7. The number of hydrogen-bond donors (Lipinski definition) is 2. The van der Waals surface area contributed by atoms with E-state index >= 15 is 0 Å². The van der Waals surface area contributed by atoms with Gasteiger partial charge in [-0.1, -0.05) is 12.1 Å². The summed E-state index contributed by atoms with van der Waals surface area (Å²) in [5, 5.41) is 5.60. The first-order valence-corrected chi connectivity index (χ1v) is 7.02. The molecule has 3 rings (SSSR count). The van der Waals surface area contributed by atoms with Crippen LogP contribution in [0.5, 0.6) is 0 Å². The maximum absolute atomic E-state index is 12.9. The van der Waals surface area contributed by atoms with Gasteiger partial charge in [0.1, 0.15) is 5.82 Å². The van der Waals surface area contributed by atoms with Gasteiger partial charge in [0.2, 0.25) is 5.91 Å². The van der Waals surface area contributed by atoms with Crippen LogP contribution in [0.3, 0.4) is 0 Å². The van der Waals surface area contributed by atoms with E-state index in [-0.39, 0.29) is 23.7 Å². The minimum Gasteiger partial charge on any atom is -0.346 e. The van der Waals surface area contributed by atoms with Crippen molar-refractivity contribution in [3.05, 3.63) is 65.0 Å². The Morgan fingerprint density at radius 2 is 1.95 bits per heavy atom. The Morgan fingerprint density at radius 1 is 1.23 bits per heavy atom. The van der Waals surface area contributed by atoms with Gasteiger partial charge in [-0.25, -0.2) is 4.39 Å². The van der Waals surface area contributed by atoms with Crippen molar-refractivity contribution in [3.8, 4) is 0 Å². The Kier molecular flexibility index (Phi) is 3.63. The summed E-state index contributed by atoms with van der Waals surface area (Å²) in [5.41, 5.74) is 2.91. The summed E-state index contributed by atoms with van der Waals surface area (Å²) in [4.78, 5) is 23.6. The van der Waals surface area contributed by atoms with Crippen molar-refractivity contribution in [2.75, 3.05) is 5.32 Å². The molecule has 2 aromatic rings. The van der Waals surface area contributed by atoms with Crippen LogP contribution in [-0.2, 0) is 11.2 Å². The normalized spacial score (nSPS) is 14.2. The van der Waals surface area contributed by atoms with Crippen LogP contribution in [0.15, 0.2) is 42.5 Å². The molecule has 0 unspecified atom stereocenters. The molecule has 5 heteroatoms. The fourth-order valence-corrected chi connectivity index (χ4v) is 2.49. The van der Waals surface area contributed by atoms with E-state index in [1.807, 2.05) is 6.92 Å². The zero-order valence-electron chi connectivity index (χ0n) is 12.0. The summed E-state index contributed by atoms with van der Waals surface area (Å²) in [6, 6.07) is 10.9. The molecule has 0 radical (unpaired) electrons. The second kappa shape index (κ2) is 5.60. The van der Waals surface area contributed by atoms with Gasteiger partial charge < -0.3 is 10.6 Å². The average Bonchev–Trinajstić information content (AvgIpc) is 2.86. The van der Waals surface area contributed by atoms with Crippen LogP contribution < -0.4 is 10.6 Å². The fourth-order valence-electron chi connectivity index (χ4n) is 2.49. The Balaban J connectivity index is 1.73. The zero-order valence-corrected chi connectivity index (χ0v) is 12.0. The molecule has 0 saturated heterocycles. The summed E-state index contributed by atoms with van der Waals surface area (Å²) >= 11 is 0. The predicted molar refractivity (Wildman–Crippen MR) is 81.1 cm³/mol. The predicted octanol–water partition coefficient (Wildman–Crippen LogP) is 2.81. The number of hydrogen-bond acceptors (Lipinski definition) is 2. The molecule has 0 fully saturated rings. The molecule has 2 aromatic carbocycles. The van der Waals surface area contributed by atoms with E-state index in [1.165, 1.54) is 12.1 Å². The first-order chi connectivity index (χ1) is 10.5. The number of amides is 2. The molecule has 2 amide bonds. The minimum absolute atomic E-state index is 0.0627. The molecule has 22 heavy (non-hydrogen) atoms. The number of halogens is 1. The van der Waals surface area contributed by atoms with E-state index in [0.717, 1.165) is 16.8 Å². The highest BCUT2D eigenvalue weighted by molar-refractivity contribution is 6.01. The van der Waals surface area contributed by atoms with Crippen LogP contribution in [0.2, 0.25) is 0 Å². The lowest BCUT2D eigenvalue weighted by Gasteiger charge is -2.14. The largest absolute Gasteiger partial charge is 0.346 e. The molecule has 1 heterocycles. The van der Waals surface area contributed by atoms with Crippen LogP contribution in [0.1, 0.15) is 34.5 Å². The Bertz CT molecular complexity index is 741. The van der Waals surface area contributed by atoms with Crippen molar-refractivity contribution < 1.29 is 14.0 Å². The van der Waals surface area contributed by atoms with Crippen LogP contribution in [0.25, 0.3) is 0 Å². The van der Waals surface area contributed by atoms with Crippen molar-refractivity contribution in [1.82, 2.24) is 5.32 Å². The van der Waals surface area contributed by atoms with Crippen LogP contribution in [0, 0.1) is 5.82 Å². The van der Waals surface area contributed by atoms with Gasteiger partial charge in [-0.15, -0.1) is 0 Å². The molecule has 1 aliphatic rings. The quantitative estimate of drug-likeness (QED) is 0.915. The van der Waals surface area contributed by atoms with E-state index in [1.54, 1.807) is 30.3 Å². The van der Waals surface area contributed by atoms with E-state index in [9.17, 15) is 14.0 Å². The highest BCUT2D eigenvalue weighted by Crippen LogP contribution is 2.24. The van der Waals surface area contributed by atoms with E-state index < -0.39 is 0 Å². The SMILES string of the molecule is C[C@@H](NC(=O)c1ccc2c(c1)CC(=O)N2)c1ccc(F)cc1. The summed E-state index contributed by atoms with van der Waals surface area (Å²) in [6.07, 6.45) is 0.296. The van der Waals surface area contributed by atoms with E-state index in [2.05, 4.69) is 10.6 Å². The smallest absolute Gasteiger partial charge is 0.251 e. The molecule has 0 aromatic heterocycles. The number of anilines is 1. The highest BCUT2D eigenvalue weighted by atomic mass is 19.1. The Labute approximate surface area is 127 Å². The standard InChI is InChI=1S/C17H15FN2O2/c1-10(11-2-5-14(18)6-3-11)19-17(22)12-4-7-15-13(8-12)9-16(21)20-15/h2-8,10H,9H2,1H3,(H,19,22)(H,20,21)/t10-/m1/s1. The Morgan fingerprint density at radius 3 is 2.68 bits per heavy atom. The Hall–Kier alpha value is -2.69. The van der Waals surface area contributed by atoms with Crippen molar-refractivity contribution in [3.63, 3.8) is 0 Å². The number of nitrogens with one attached hydrogen (secondary N) is 2. The number of carbonyl (C=O) groups excluding carboxylic acids is 2. The van der Waals surface area contributed by atoms with Gasteiger partial charge >= 0.3 is 0 Å². The van der Waals surface area contributed by atoms with Crippen LogP contribution in [0.4, 0.5) is 10.1 Å². The molecular weight excluding hydrogens is 283 g/mol. The highest BCUT2D eigenvalue weighted by Gasteiger charge is 2.19. The van der Waals surface area contributed by atoms with Gasteiger partial charge in [-0.2, -0.15) is 0 Å². The third-order valence-corrected chi connectivity index (χ3v) is 3.71. The first kappa shape index (κ1) is 14.3. The first-order valence-electron chi connectivity index (χ1n) is 7.02. The van der Waals surface area contributed by atoms with Gasteiger partial charge in [-0.05, 0) is 48.4 Å². The van der Waals surface area contributed by atoms with E-state index in [0.29, 0.717) is 12.0 Å². The topological polar surface area (TPSA) is 58.2 Å². The van der Waals surface area contributed by atoms with Crippen LogP contribution in [-0.4, -0.2) is 11.8 Å². The number of rotatable bonds is 3. The summed E-state index contributed by atoms with van der Waals surface area (Å²) in [5.74, 6) is -0.593. The van der Waals surface area contributed by atoms with Gasteiger partial charge in [0, 0.05) is 11.3 Å². The number of fused-ring (bicyclic) bond motifs is 1. The summed E-state index contributed by atoms with van der Waals surface area (Å²) in [7, 11) is 0. The second-order valence-electron chi connectivity index (χ2n) is 5.34. The molecule has 4 nitrogen and oxygen atoms in total. The lowest BCUT2D eigenvalue weighted by atomic mass is 10.1. The molecule has 1 aliphatic heterocycles. The van der Waals surface area contributed by atoms with Crippen molar-refractivity contribution in [2.45, 2.75) is 19.4 Å². The summed E-state index contributed by atoms with van der Waals surface area (Å²) < 4.78 is 12.9. The monoisotopic (exact) mass is 298 g/mol. The van der Waals surface area contributed by atoms with Crippen LogP contribution >= 0.6 is 0 Å². The maximum atomic E-state index is 12.9. The number of carbonyl (C=O) groups is 2. The fraction of sp³-hybridized carbons (Fsp3) is 0.176. The van der Waals surface area contributed by atoms with E-state index in [4.69, 9.17) is 0 Å². The molecule has 0 aliphatic carbocycles. The van der Waals surface area contributed by atoms with Crippen molar-refractivity contribution in [1.29, 1.82) is 0 Å². The lowest BCUT2D eigenvalue weighted by Crippen LogP contribution is -2.26. The third kappa shape index (κ3) is 2.83.